The smallest absolute Gasteiger partial charge is 0.387 e. The molecule has 1 amide bonds. The van der Waals surface area contributed by atoms with Crippen LogP contribution in [0.4, 0.5) is 14.5 Å². The van der Waals surface area contributed by atoms with Crippen molar-refractivity contribution in [3.63, 3.8) is 0 Å². The number of nitrogens with one attached hydrogen (secondary N) is 1. The van der Waals surface area contributed by atoms with Gasteiger partial charge in [0.25, 0.3) is 0 Å². The van der Waals surface area contributed by atoms with Crippen LogP contribution in [0.5, 0.6) is 5.75 Å². The number of hydrogen-bond acceptors (Lipinski definition) is 2. The van der Waals surface area contributed by atoms with Crippen LogP contribution < -0.4 is 10.1 Å². The zero-order chi connectivity index (χ0) is 14.3. The number of carbonyl (C=O) groups excluding carboxylic acids is 1. The van der Waals surface area contributed by atoms with Crippen molar-refractivity contribution < 1.29 is 18.3 Å². The number of fused-ring (bicyclic) bond motifs is 1. The first-order valence-corrected chi connectivity index (χ1v) is 6.96. The Hall–Kier alpha value is -1.65. The molecule has 1 aromatic rings. The number of anilines is 1. The van der Waals surface area contributed by atoms with Gasteiger partial charge < -0.3 is 10.1 Å². The zero-order valence-electron chi connectivity index (χ0n) is 11.2. The molecule has 0 saturated heterocycles. The highest BCUT2D eigenvalue weighted by atomic mass is 19.3. The highest BCUT2D eigenvalue weighted by molar-refractivity contribution is 6.03. The van der Waals surface area contributed by atoms with Crippen molar-refractivity contribution in [1.82, 2.24) is 0 Å². The standard InChI is InChI=1S/C15H17F2NO2/c1-8-3-2-4-10(8)13-11-7-9(20-15(16)17)5-6-12(11)18-14(13)19/h5-8,10,13,15H,2-4H2,1H3,(H,18,19). The molecule has 1 aromatic carbocycles. The van der Waals surface area contributed by atoms with Crippen LogP contribution >= 0.6 is 0 Å². The number of amides is 1. The van der Waals surface area contributed by atoms with Crippen LogP contribution in [0.3, 0.4) is 0 Å². The summed E-state index contributed by atoms with van der Waals surface area (Å²) in [5.41, 5.74) is 1.52. The lowest BCUT2D eigenvalue weighted by Crippen LogP contribution is -2.22. The van der Waals surface area contributed by atoms with E-state index >= 15 is 0 Å². The first-order valence-electron chi connectivity index (χ1n) is 6.96. The fourth-order valence-electron chi connectivity index (χ4n) is 3.53. The summed E-state index contributed by atoms with van der Waals surface area (Å²) in [5.74, 6) is 0.636. The minimum absolute atomic E-state index is 0.0204. The summed E-state index contributed by atoms with van der Waals surface area (Å²) in [6, 6.07) is 4.69. The molecule has 1 aliphatic heterocycles. The van der Waals surface area contributed by atoms with Gasteiger partial charge in [-0.3, -0.25) is 4.79 Å². The van der Waals surface area contributed by atoms with Gasteiger partial charge in [0.1, 0.15) is 5.75 Å². The lowest BCUT2D eigenvalue weighted by molar-refractivity contribution is -0.118. The summed E-state index contributed by atoms with van der Waals surface area (Å²) in [6.45, 7) is -0.690. The number of alkyl halides is 2. The topological polar surface area (TPSA) is 38.3 Å². The van der Waals surface area contributed by atoms with Crippen molar-refractivity contribution in [3.05, 3.63) is 23.8 Å². The molecule has 1 saturated carbocycles. The minimum atomic E-state index is -2.85. The van der Waals surface area contributed by atoms with Crippen LogP contribution in [0.2, 0.25) is 0 Å². The van der Waals surface area contributed by atoms with E-state index < -0.39 is 6.61 Å². The van der Waals surface area contributed by atoms with Gasteiger partial charge >= 0.3 is 6.61 Å². The Labute approximate surface area is 116 Å². The van der Waals surface area contributed by atoms with Crippen molar-refractivity contribution in [3.8, 4) is 5.75 Å². The van der Waals surface area contributed by atoms with Crippen molar-refractivity contribution in [2.45, 2.75) is 38.7 Å². The fraction of sp³-hybridized carbons (Fsp3) is 0.533. The van der Waals surface area contributed by atoms with Gasteiger partial charge in [0, 0.05) is 5.69 Å². The van der Waals surface area contributed by atoms with Crippen molar-refractivity contribution in [2.75, 3.05) is 5.32 Å². The molecule has 2 aliphatic rings. The molecule has 3 atom stereocenters. The van der Waals surface area contributed by atoms with Gasteiger partial charge in [-0.2, -0.15) is 8.78 Å². The third kappa shape index (κ3) is 2.25. The molecule has 1 aliphatic carbocycles. The minimum Gasteiger partial charge on any atom is -0.435 e. The van der Waals surface area contributed by atoms with Crippen LogP contribution in [0.1, 0.15) is 37.7 Å². The lowest BCUT2D eigenvalue weighted by atomic mass is 9.81. The number of halogens is 2. The van der Waals surface area contributed by atoms with Gasteiger partial charge in [-0.15, -0.1) is 0 Å². The second-order valence-electron chi connectivity index (χ2n) is 5.67. The van der Waals surface area contributed by atoms with E-state index in [0.717, 1.165) is 30.5 Å². The van der Waals surface area contributed by atoms with Gasteiger partial charge in [0.2, 0.25) is 5.91 Å². The Morgan fingerprint density at radius 3 is 2.80 bits per heavy atom. The normalized spacial score (nSPS) is 28.6. The number of benzene rings is 1. The van der Waals surface area contributed by atoms with E-state index in [1.807, 2.05) is 0 Å². The summed E-state index contributed by atoms with van der Waals surface area (Å²) >= 11 is 0. The third-order valence-electron chi connectivity index (χ3n) is 4.48. The monoisotopic (exact) mass is 281 g/mol. The van der Waals surface area contributed by atoms with Crippen molar-refractivity contribution in [1.29, 1.82) is 0 Å². The second kappa shape index (κ2) is 5.04. The summed E-state index contributed by atoms with van der Waals surface area (Å²) in [6.07, 6.45) is 3.26. The fourth-order valence-corrected chi connectivity index (χ4v) is 3.53. The molecule has 108 valence electrons. The first-order chi connectivity index (χ1) is 9.56. The summed E-state index contributed by atoms with van der Waals surface area (Å²) in [7, 11) is 0. The number of carbonyl (C=O) groups is 1. The Morgan fingerprint density at radius 2 is 2.15 bits per heavy atom. The molecule has 0 bridgehead atoms. The number of ether oxygens (including phenoxy) is 1. The molecule has 3 rings (SSSR count). The molecule has 20 heavy (non-hydrogen) atoms. The SMILES string of the molecule is CC1CCCC1C1C(=O)Nc2ccc(OC(F)F)cc21. The molecular weight excluding hydrogens is 264 g/mol. The summed E-state index contributed by atoms with van der Waals surface area (Å²) in [5, 5.41) is 2.84. The molecule has 1 N–H and O–H groups in total. The zero-order valence-corrected chi connectivity index (χ0v) is 11.2. The van der Waals surface area contributed by atoms with E-state index in [2.05, 4.69) is 17.0 Å². The Morgan fingerprint density at radius 1 is 1.35 bits per heavy atom. The van der Waals surface area contributed by atoms with E-state index in [0.29, 0.717) is 5.92 Å². The molecule has 3 unspecified atom stereocenters. The number of hydrogen-bond donors (Lipinski definition) is 1. The molecule has 0 spiro atoms. The van der Waals surface area contributed by atoms with E-state index in [1.165, 1.54) is 6.07 Å². The highest BCUT2D eigenvalue weighted by Crippen LogP contribution is 2.47. The Balaban J connectivity index is 1.93. The molecule has 1 fully saturated rings. The van der Waals surface area contributed by atoms with Crippen LogP contribution in [0, 0.1) is 11.8 Å². The average Bonchev–Trinajstić information content (AvgIpc) is 2.91. The molecular formula is C15H17F2NO2. The molecule has 0 radical (unpaired) electrons. The van der Waals surface area contributed by atoms with Gasteiger partial charge in [-0.05, 0) is 42.0 Å². The van der Waals surface area contributed by atoms with E-state index in [9.17, 15) is 13.6 Å². The third-order valence-corrected chi connectivity index (χ3v) is 4.48. The van der Waals surface area contributed by atoms with Gasteiger partial charge in [-0.25, -0.2) is 0 Å². The quantitative estimate of drug-likeness (QED) is 0.916. The molecule has 3 nitrogen and oxygen atoms in total. The molecule has 0 aromatic heterocycles. The van der Waals surface area contributed by atoms with Gasteiger partial charge in [0.15, 0.2) is 0 Å². The van der Waals surface area contributed by atoms with Gasteiger partial charge in [-0.1, -0.05) is 19.8 Å². The Kier molecular flexibility index (Phi) is 3.36. The Bertz CT molecular complexity index is 533. The lowest BCUT2D eigenvalue weighted by Gasteiger charge is -2.21. The maximum absolute atomic E-state index is 12.3. The molecule has 1 heterocycles. The maximum atomic E-state index is 12.3. The predicted octanol–water partition coefficient (Wildman–Crippen LogP) is 3.76. The van der Waals surface area contributed by atoms with Gasteiger partial charge in [0.05, 0.1) is 5.92 Å². The summed E-state index contributed by atoms with van der Waals surface area (Å²) < 4.78 is 29.0. The van der Waals surface area contributed by atoms with E-state index in [-0.39, 0.29) is 23.5 Å². The predicted molar refractivity (Wildman–Crippen MR) is 70.9 cm³/mol. The second-order valence-corrected chi connectivity index (χ2v) is 5.67. The van der Waals surface area contributed by atoms with Crippen molar-refractivity contribution >= 4 is 11.6 Å². The van der Waals surface area contributed by atoms with E-state index in [1.54, 1.807) is 12.1 Å². The summed E-state index contributed by atoms with van der Waals surface area (Å²) in [4.78, 5) is 12.2. The van der Waals surface area contributed by atoms with Crippen LogP contribution in [-0.4, -0.2) is 12.5 Å². The molecule has 5 heteroatoms. The van der Waals surface area contributed by atoms with Crippen LogP contribution in [0.15, 0.2) is 18.2 Å². The van der Waals surface area contributed by atoms with Crippen LogP contribution in [0.25, 0.3) is 0 Å². The van der Waals surface area contributed by atoms with E-state index in [4.69, 9.17) is 0 Å². The highest BCUT2D eigenvalue weighted by Gasteiger charge is 2.41. The maximum Gasteiger partial charge on any atom is 0.387 e. The largest absolute Gasteiger partial charge is 0.435 e. The number of rotatable bonds is 3. The first kappa shape index (κ1) is 13.3. The average molecular weight is 281 g/mol. The van der Waals surface area contributed by atoms with Crippen LogP contribution in [-0.2, 0) is 4.79 Å². The van der Waals surface area contributed by atoms with Crippen molar-refractivity contribution in [2.24, 2.45) is 11.8 Å².